The van der Waals surface area contributed by atoms with Crippen LogP contribution in [0.3, 0.4) is 0 Å². The molecule has 2 N–H and O–H groups in total. The van der Waals surface area contributed by atoms with Gasteiger partial charge in [-0.05, 0) is 56.9 Å². The van der Waals surface area contributed by atoms with E-state index in [9.17, 15) is 9.18 Å². The Balaban J connectivity index is 1.62. The fraction of sp³-hybridized carbons (Fsp3) is 0.462. The number of fused-ring (bicyclic) bond motifs is 2. The van der Waals surface area contributed by atoms with Crippen molar-refractivity contribution in [3.05, 3.63) is 53.3 Å². The van der Waals surface area contributed by atoms with E-state index in [1.54, 1.807) is 26.1 Å². The number of aryl methyl sites for hydroxylation is 1. The van der Waals surface area contributed by atoms with Gasteiger partial charge in [0, 0.05) is 37.1 Å². The molecule has 0 aromatic heterocycles. The minimum absolute atomic E-state index is 0.178. The van der Waals surface area contributed by atoms with Crippen molar-refractivity contribution in [3.63, 3.8) is 0 Å². The zero-order chi connectivity index (χ0) is 23.5. The third-order valence-electron chi connectivity index (χ3n) is 7.27. The zero-order valence-corrected chi connectivity index (χ0v) is 19.5. The van der Waals surface area contributed by atoms with Crippen LogP contribution < -0.4 is 10.5 Å². The van der Waals surface area contributed by atoms with E-state index in [1.165, 1.54) is 4.90 Å². The van der Waals surface area contributed by atoms with Gasteiger partial charge >= 0.3 is 0 Å². The Morgan fingerprint density at radius 2 is 2.00 bits per heavy atom. The summed E-state index contributed by atoms with van der Waals surface area (Å²) < 4.78 is 27.3. The summed E-state index contributed by atoms with van der Waals surface area (Å²) in [6, 6.07) is 10.8. The van der Waals surface area contributed by atoms with Crippen LogP contribution in [-0.4, -0.2) is 42.1 Å². The monoisotopic (exact) mass is 451 g/mol. The van der Waals surface area contributed by atoms with Gasteiger partial charge in [-0.3, -0.25) is 9.69 Å². The lowest BCUT2D eigenvalue weighted by Crippen LogP contribution is -2.49. The van der Waals surface area contributed by atoms with Gasteiger partial charge in [-0.1, -0.05) is 24.3 Å². The van der Waals surface area contributed by atoms with E-state index < -0.39 is 5.54 Å². The van der Waals surface area contributed by atoms with Crippen LogP contribution in [0.4, 0.5) is 4.39 Å². The number of hydrogen-bond donors (Lipinski definition) is 1. The van der Waals surface area contributed by atoms with Crippen molar-refractivity contribution in [2.75, 3.05) is 13.7 Å². The molecule has 1 spiro atoms. The van der Waals surface area contributed by atoms with Crippen LogP contribution in [0.2, 0.25) is 0 Å². The maximum absolute atomic E-state index is 14.9. The maximum atomic E-state index is 14.9. The zero-order valence-electron chi connectivity index (χ0n) is 19.5. The van der Waals surface area contributed by atoms with Crippen LogP contribution in [0.1, 0.15) is 44.2 Å². The first-order chi connectivity index (χ1) is 15.6. The quantitative estimate of drug-likeness (QED) is 0.745. The van der Waals surface area contributed by atoms with Gasteiger partial charge in [0.25, 0.3) is 5.91 Å². The summed E-state index contributed by atoms with van der Waals surface area (Å²) in [5, 5.41) is 0. The molecule has 33 heavy (non-hydrogen) atoms. The van der Waals surface area contributed by atoms with Gasteiger partial charge in [0.15, 0.2) is 11.5 Å². The molecule has 1 fully saturated rings. The Hall–Kier alpha value is -2.93. The molecule has 0 saturated carbocycles. The topological polar surface area (TPSA) is 77.2 Å². The third kappa shape index (κ3) is 3.50. The van der Waals surface area contributed by atoms with Crippen LogP contribution >= 0.6 is 0 Å². The molecular formula is C26H30FN3O3. The number of rotatable bonds is 2. The van der Waals surface area contributed by atoms with Gasteiger partial charge < -0.3 is 15.2 Å². The van der Waals surface area contributed by atoms with Crippen LogP contribution in [0, 0.1) is 18.7 Å². The van der Waals surface area contributed by atoms with Crippen molar-refractivity contribution < 1.29 is 18.7 Å². The van der Waals surface area contributed by atoms with E-state index in [-0.39, 0.29) is 35.3 Å². The van der Waals surface area contributed by atoms with Crippen molar-refractivity contribution in [2.24, 2.45) is 16.6 Å². The predicted octanol–water partition coefficient (Wildman–Crippen LogP) is 4.14. The fourth-order valence-corrected chi connectivity index (χ4v) is 5.47. The first-order valence-corrected chi connectivity index (χ1v) is 11.5. The molecule has 0 radical (unpaired) electrons. The average Bonchev–Trinajstić information content (AvgIpc) is 2.98. The van der Waals surface area contributed by atoms with Gasteiger partial charge in [0.2, 0.25) is 0 Å². The number of hydrogen-bond acceptors (Lipinski definition) is 5. The molecular weight excluding hydrogens is 421 g/mol. The van der Waals surface area contributed by atoms with Crippen LogP contribution in [0.15, 0.2) is 41.4 Å². The van der Waals surface area contributed by atoms with Crippen molar-refractivity contribution in [1.82, 2.24) is 4.90 Å². The highest BCUT2D eigenvalue weighted by atomic mass is 19.1. The fourth-order valence-electron chi connectivity index (χ4n) is 5.47. The summed E-state index contributed by atoms with van der Waals surface area (Å²) in [7, 11) is 1.64. The number of halogens is 1. The van der Waals surface area contributed by atoms with Crippen molar-refractivity contribution in [2.45, 2.75) is 57.3 Å². The lowest BCUT2D eigenvalue weighted by atomic mass is 9.74. The molecule has 3 atom stereocenters. The molecule has 7 heteroatoms. The van der Waals surface area contributed by atoms with Gasteiger partial charge in [0.05, 0.1) is 5.60 Å². The number of likely N-dealkylation sites (N-methyl/N-ethyl adjacent to an activating group) is 1. The number of ether oxygens (including phenoxy) is 2. The highest BCUT2D eigenvalue weighted by Gasteiger charge is 2.55. The van der Waals surface area contributed by atoms with Crippen molar-refractivity contribution in [3.8, 4) is 16.9 Å². The predicted molar refractivity (Wildman–Crippen MR) is 124 cm³/mol. The van der Waals surface area contributed by atoms with Crippen molar-refractivity contribution >= 4 is 11.9 Å². The van der Waals surface area contributed by atoms with E-state index in [0.29, 0.717) is 41.0 Å². The first kappa shape index (κ1) is 21.9. The molecule has 5 rings (SSSR count). The normalized spacial score (nSPS) is 28.5. The molecule has 3 aliphatic heterocycles. The largest absolute Gasteiger partial charge is 0.490 e. The molecule has 1 amide bonds. The lowest BCUT2D eigenvalue weighted by molar-refractivity contribution is -0.134. The average molecular weight is 452 g/mol. The molecule has 0 aliphatic carbocycles. The standard InChI is InChI=1S/C26H30FN3O3/c1-15-6-5-7-18(22(15)27)16-8-9-20-19(12-16)26(23(31)30(4)24(28)29-26)14-21(33-20)17-10-11-32-25(2,3)13-17/h5-9,12,17,21H,10-11,13-14H2,1-4H3,(H2,28,29). The third-order valence-corrected chi connectivity index (χ3v) is 7.27. The molecule has 3 heterocycles. The number of carbonyl (C=O) groups excluding carboxylic acids is 1. The Labute approximate surface area is 193 Å². The minimum Gasteiger partial charge on any atom is -0.490 e. The minimum atomic E-state index is -1.17. The summed E-state index contributed by atoms with van der Waals surface area (Å²) in [5.41, 5.74) is 7.08. The molecule has 3 unspecified atom stereocenters. The lowest BCUT2D eigenvalue weighted by Gasteiger charge is -2.44. The Morgan fingerprint density at radius 3 is 2.70 bits per heavy atom. The highest BCUT2D eigenvalue weighted by Crippen LogP contribution is 2.50. The molecule has 3 aliphatic rings. The van der Waals surface area contributed by atoms with Gasteiger partial charge in [0.1, 0.15) is 17.7 Å². The number of benzene rings is 2. The number of aliphatic imine (C=N–C) groups is 1. The van der Waals surface area contributed by atoms with Crippen LogP contribution in [-0.2, 0) is 15.1 Å². The van der Waals surface area contributed by atoms with E-state index in [0.717, 1.165) is 12.8 Å². The SMILES string of the molecule is Cc1cccc(-c2ccc3c(c2)C2(CC(C4CCOC(C)(C)C4)O3)N=C(N)N(C)C2=O)c1F. The summed E-state index contributed by atoms with van der Waals surface area (Å²) in [6.45, 7) is 6.56. The number of amides is 1. The summed E-state index contributed by atoms with van der Waals surface area (Å²) in [5.74, 6) is 0.563. The molecule has 2 aromatic carbocycles. The molecule has 6 nitrogen and oxygen atoms in total. The molecule has 174 valence electrons. The second-order valence-electron chi connectivity index (χ2n) is 10.1. The maximum Gasteiger partial charge on any atom is 0.261 e. The number of carbonyl (C=O) groups is 1. The second-order valence-corrected chi connectivity index (χ2v) is 10.1. The molecule has 2 aromatic rings. The summed E-state index contributed by atoms with van der Waals surface area (Å²) >= 11 is 0. The van der Waals surface area contributed by atoms with Crippen LogP contribution in [0.25, 0.3) is 11.1 Å². The number of guanidine groups is 1. The summed E-state index contributed by atoms with van der Waals surface area (Å²) in [6.07, 6.45) is 1.88. The Morgan fingerprint density at radius 1 is 1.21 bits per heavy atom. The van der Waals surface area contributed by atoms with Gasteiger partial charge in [-0.25, -0.2) is 9.38 Å². The van der Waals surface area contributed by atoms with Crippen molar-refractivity contribution in [1.29, 1.82) is 0 Å². The van der Waals surface area contributed by atoms with Crippen LogP contribution in [0.5, 0.6) is 5.75 Å². The van der Waals surface area contributed by atoms with E-state index in [4.69, 9.17) is 20.2 Å². The highest BCUT2D eigenvalue weighted by molar-refractivity contribution is 6.07. The molecule has 0 bridgehead atoms. The smallest absolute Gasteiger partial charge is 0.261 e. The number of nitrogens with zero attached hydrogens (tertiary/aromatic N) is 2. The second kappa shape index (κ2) is 7.55. The van der Waals surface area contributed by atoms with E-state index in [1.807, 2.05) is 24.3 Å². The number of nitrogens with two attached hydrogens (primary N) is 1. The Kier molecular flexibility index (Phi) is 5.01. The van der Waals surface area contributed by atoms with E-state index >= 15 is 0 Å². The van der Waals surface area contributed by atoms with E-state index in [2.05, 4.69) is 13.8 Å². The summed E-state index contributed by atoms with van der Waals surface area (Å²) in [4.78, 5) is 19.7. The first-order valence-electron chi connectivity index (χ1n) is 11.5. The Bertz CT molecular complexity index is 1160. The molecule has 1 saturated heterocycles. The van der Waals surface area contributed by atoms with Gasteiger partial charge in [-0.15, -0.1) is 0 Å². The van der Waals surface area contributed by atoms with Gasteiger partial charge in [-0.2, -0.15) is 0 Å².